The lowest BCUT2D eigenvalue weighted by molar-refractivity contribution is 0.343. The van der Waals surface area contributed by atoms with Crippen molar-refractivity contribution < 1.29 is 9.13 Å². The molecule has 0 aliphatic carbocycles. The number of aromatic nitrogens is 1. The third-order valence-corrected chi connectivity index (χ3v) is 4.02. The topological polar surface area (TPSA) is 42.1 Å². The van der Waals surface area contributed by atoms with Gasteiger partial charge in [-0.1, -0.05) is 29.3 Å². The first-order chi connectivity index (χ1) is 11.0. The number of fused-ring (bicyclic) bond motifs is 1. The van der Waals surface area contributed by atoms with E-state index in [1.807, 2.05) is 6.92 Å². The lowest BCUT2D eigenvalue weighted by atomic mass is 10.0. The number of ether oxygens (including phenoxy) is 1. The fourth-order valence-corrected chi connectivity index (χ4v) is 2.96. The Labute approximate surface area is 141 Å². The van der Waals surface area contributed by atoms with Crippen LogP contribution in [0.1, 0.15) is 6.92 Å². The van der Waals surface area contributed by atoms with Gasteiger partial charge >= 0.3 is 0 Å². The molecule has 0 radical (unpaired) electrons. The average Bonchev–Trinajstić information content (AvgIpc) is 2.51. The molecule has 1 N–H and O–H groups in total. The molecule has 3 nitrogen and oxygen atoms in total. The SMILES string of the molecule is CCOc1ccc(F)c2c(=O)c(-c3ccc(Cl)cc3Cl)c[nH]c12. The number of aromatic amines is 1. The zero-order valence-corrected chi connectivity index (χ0v) is 13.6. The van der Waals surface area contributed by atoms with Gasteiger partial charge in [0.15, 0.2) is 5.43 Å². The molecule has 2 aromatic carbocycles. The molecule has 0 aliphatic rings. The summed E-state index contributed by atoms with van der Waals surface area (Å²) in [6.07, 6.45) is 1.50. The Balaban J connectivity index is 2.31. The summed E-state index contributed by atoms with van der Waals surface area (Å²) in [7, 11) is 0. The van der Waals surface area contributed by atoms with Crippen LogP contribution in [0.15, 0.2) is 41.3 Å². The van der Waals surface area contributed by atoms with Crippen molar-refractivity contribution in [2.45, 2.75) is 6.92 Å². The highest BCUT2D eigenvalue weighted by atomic mass is 35.5. The molecule has 23 heavy (non-hydrogen) atoms. The van der Waals surface area contributed by atoms with Crippen LogP contribution in [0, 0.1) is 5.82 Å². The van der Waals surface area contributed by atoms with Gasteiger partial charge in [0, 0.05) is 22.3 Å². The molecule has 3 rings (SSSR count). The summed E-state index contributed by atoms with van der Waals surface area (Å²) in [5.41, 5.74) is 0.625. The van der Waals surface area contributed by atoms with Crippen LogP contribution in [0.25, 0.3) is 22.0 Å². The van der Waals surface area contributed by atoms with Gasteiger partial charge in [0.1, 0.15) is 11.6 Å². The number of H-pyrrole nitrogens is 1. The zero-order valence-electron chi connectivity index (χ0n) is 12.1. The Morgan fingerprint density at radius 2 is 1.96 bits per heavy atom. The van der Waals surface area contributed by atoms with Crippen LogP contribution >= 0.6 is 23.2 Å². The third kappa shape index (κ3) is 2.80. The standard InChI is InChI=1S/C17H12Cl2FNO2/c1-2-23-14-6-5-13(20)15-16(14)21-8-11(17(15)22)10-4-3-9(18)7-12(10)19/h3-8H,2H2,1H3,(H,21,22). The molecule has 0 saturated carbocycles. The van der Waals surface area contributed by atoms with Gasteiger partial charge in [0.25, 0.3) is 0 Å². The van der Waals surface area contributed by atoms with E-state index in [9.17, 15) is 9.18 Å². The molecule has 0 atom stereocenters. The lowest BCUT2D eigenvalue weighted by Crippen LogP contribution is -2.09. The molecule has 0 saturated heterocycles. The summed E-state index contributed by atoms with van der Waals surface area (Å²) in [5.74, 6) is -0.189. The van der Waals surface area contributed by atoms with Crippen molar-refractivity contribution in [3.63, 3.8) is 0 Å². The average molecular weight is 352 g/mol. The van der Waals surface area contributed by atoms with Crippen LogP contribution in [0.5, 0.6) is 5.75 Å². The number of nitrogens with one attached hydrogen (secondary N) is 1. The van der Waals surface area contributed by atoms with Gasteiger partial charge in [0.05, 0.1) is 22.5 Å². The van der Waals surface area contributed by atoms with E-state index in [1.54, 1.807) is 12.1 Å². The molecule has 118 valence electrons. The second-order valence-corrected chi connectivity index (χ2v) is 5.73. The molecule has 1 heterocycles. The van der Waals surface area contributed by atoms with Crippen molar-refractivity contribution in [3.8, 4) is 16.9 Å². The molecule has 0 fully saturated rings. The van der Waals surface area contributed by atoms with Crippen molar-refractivity contribution in [3.05, 3.63) is 62.6 Å². The Morgan fingerprint density at radius 3 is 2.65 bits per heavy atom. The molecule has 1 aromatic heterocycles. The second-order valence-electron chi connectivity index (χ2n) is 4.88. The largest absolute Gasteiger partial charge is 0.492 e. The van der Waals surface area contributed by atoms with E-state index < -0.39 is 11.2 Å². The van der Waals surface area contributed by atoms with E-state index in [0.717, 1.165) is 0 Å². The highest BCUT2D eigenvalue weighted by Gasteiger charge is 2.16. The van der Waals surface area contributed by atoms with Crippen LogP contribution in [0.4, 0.5) is 4.39 Å². The molecule has 0 spiro atoms. The van der Waals surface area contributed by atoms with Gasteiger partial charge in [-0.25, -0.2) is 4.39 Å². The highest BCUT2D eigenvalue weighted by Crippen LogP contribution is 2.31. The number of halogens is 3. The first kappa shape index (κ1) is 15.8. The van der Waals surface area contributed by atoms with E-state index in [1.165, 1.54) is 24.4 Å². The van der Waals surface area contributed by atoms with Gasteiger partial charge in [0.2, 0.25) is 0 Å². The van der Waals surface area contributed by atoms with Crippen molar-refractivity contribution in [2.75, 3.05) is 6.61 Å². The summed E-state index contributed by atoms with van der Waals surface area (Å²) in [6, 6.07) is 7.50. The van der Waals surface area contributed by atoms with Gasteiger partial charge in [-0.3, -0.25) is 4.79 Å². The maximum absolute atomic E-state index is 14.2. The molecule has 0 unspecified atom stereocenters. The molecule has 6 heteroatoms. The van der Waals surface area contributed by atoms with Gasteiger partial charge in [-0.15, -0.1) is 0 Å². The van der Waals surface area contributed by atoms with Crippen LogP contribution < -0.4 is 10.2 Å². The van der Waals surface area contributed by atoms with Crippen LogP contribution in [-0.2, 0) is 0 Å². The Bertz CT molecular complexity index is 953. The molecular formula is C17H12Cl2FNO2. The van der Waals surface area contributed by atoms with Gasteiger partial charge < -0.3 is 9.72 Å². The van der Waals surface area contributed by atoms with Crippen LogP contribution in [0.3, 0.4) is 0 Å². The first-order valence-corrected chi connectivity index (χ1v) is 7.70. The Morgan fingerprint density at radius 1 is 1.17 bits per heavy atom. The third-order valence-electron chi connectivity index (χ3n) is 3.47. The van der Waals surface area contributed by atoms with Crippen LogP contribution in [-0.4, -0.2) is 11.6 Å². The minimum Gasteiger partial charge on any atom is -0.492 e. The smallest absolute Gasteiger partial charge is 0.200 e. The van der Waals surface area contributed by atoms with Gasteiger partial charge in [-0.05, 0) is 31.2 Å². The van der Waals surface area contributed by atoms with Crippen molar-refractivity contribution in [1.29, 1.82) is 0 Å². The number of rotatable bonds is 3. The predicted molar refractivity (Wildman–Crippen MR) is 91.2 cm³/mol. The monoisotopic (exact) mass is 351 g/mol. The van der Waals surface area contributed by atoms with E-state index in [0.29, 0.717) is 33.5 Å². The fourth-order valence-electron chi connectivity index (χ4n) is 2.45. The van der Waals surface area contributed by atoms with Crippen molar-refractivity contribution in [1.82, 2.24) is 4.98 Å². The number of pyridine rings is 1. The quantitative estimate of drug-likeness (QED) is 0.718. The molecular weight excluding hydrogens is 340 g/mol. The normalized spacial score (nSPS) is 11.0. The lowest BCUT2D eigenvalue weighted by Gasteiger charge is -2.10. The maximum Gasteiger partial charge on any atom is 0.200 e. The van der Waals surface area contributed by atoms with E-state index in [-0.39, 0.29) is 10.9 Å². The molecule has 0 bridgehead atoms. The van der Waals surface area contributed by atoms with Gasteiger partial charge in [-0.2, -0.15) is 0 Å². The minimum absolute atomic E-state index is 0.0560. The maximum atomic E-state index is 14.2. The zero-order chi connectivity index (χ0) is 16.6. The van der Waals surface area contributed by atoms with E-state index >= 15 is 0 Å². The summed E-state index contributed by atoms with van der Waals surface area (Å²) in [4.78, 5) is 15.7. The summed E-state index contributed by atoms with van der Waals surface area (Å²) < 4.78 is 19.6. The molecule has 0 aliphatic heterocycles. The minimum atomic E-state index is -0.614. The summed E-state index contributed by atoms with van der Waals surface area (Å²) in [5, 5.41) is 0.726. The van der Waals surface area contributed by atoms with E-state index in [2.05, 4.69) is 4.98 Å². The predicted octanol–water partition coefficient (Wildman–Crippen LogP) is 5.04. The second kappa shape index (κ2) is 6.22. The summed E-state index contributed by atoms with van der Waals surface area (Å²) in [6.45, 7) is 2.22. The first-order valence-electron chi connectivity index (χ1n) is 6.95. The molecule has 3 aromatic rings. The van der Waals surface area contributed by atoms with Crippen molar-refractivity contribution >= 4 is 34.1 Å². The number of hydrogen-bond acceptors (Lipinski definition) is 2. The molecule has 0 amide bonds. The Kier molecular flexibility index (Phi) is 4.28. The van der Waals surface area contributed by atoms with E-state index in [4.69, 9.17) is 27.9 Å². The number of hydrogen-bond donors (Lipinski definition) is 1. The highest BCUT2D eigenvalue weighted by molar-refractivity contribution is 6.36. The fraction of sp³-hybridized carbons (Fsp3) is 0.118. The van der Waals surface area contributed by atoms with Crippen molar-refractivity contribution in [2.24, 2.45) is 0 Å². The van der Waals surface area contributed by atoms with Crippen LogP contribution in [0.2, 0.25) is 10.0 Å². The summed E-state index contributed by atoms with van der Waals surface area (Å²) >= 11 is 12.0. The Hall–Kier alpha value is -2.04. The number of benzene rings is 2.